The van der Waals surface area contributed by atoms with Crippen molar-refractivity contribution in [2.45, 2.75) is 25.0 Å². The second-order valence-corrected chi connectivity index (χ2v) is 8.85. The third-order valence-electron chi connectivity index (χ3n) is 6.11. The number of rotatable bonds is 8. The number of benzene rings is 2. The zero-order valence-electron chi connectivity index (χ0n) is 19.8. The lowest BCUT2D eigenvalue weighted by Gasteiger charge is -2.13. The van der Waals surface area contributed by atoms with E-state index in [1.54, 1.807) is 30.3 Å². The van der Waals surface area contributed by atoms with E-state index in [0.29, 0.717) is 16.9 Å². The lowest BCUT2D eigenvalue weighted by molar-refractivity contribution is 0.102. The highest BCUT2D eigenvalue weighted by Gasteiger charge is 2.17. The van der Waals surface area contributed by atoms with E-state index >= 15 is 0 Å². The predicted octanol–water partition coefficient (Wildman–Crippen LogP) is 3.07. The molecule has 3 heterocycles. The molecule has 9 nitrogen and oxygen atoms in total. The lowest BCUT2D eigenvalue weighted by atomic mass is 10.2. The van der Waals surface area contributed by atoms with Gasteiger partial charge < -0.3 is 30.7 Å². The van der Waals surface area contributed by atoms with E-state index in [2.05, 4.69) is 26.3 Å². The van der Waals surface area contributed by atoms with Crippen LogP contribution >= 0.6 is 0 Å². The second kappa shape index (κ2) is 11.2. The fraction of sp³-hybridized carbons (Fsp3) is 0.296. The minimum atomic E-state index is -0.402. The molecule has 2 aromatic carbocycles. The first kappa shape index (κ1) is 23.8. The highest BCUT2D eigenvalue weighted by molar-refractivity contribution is 6.07. The van der Waals surface area contributed by atoms with Gasteiger partial charge in [-0.1, -0.05) is 0 Å². The average Bonchev–Trinajstić information content (AvgIpc) is 3.61. The Labute approximate surface area is 209 Å². The Balaban J connectivity index is 1.16. The van der Waals surface area contributed by atoms with Gasteiger partial charge >= 0.3 is 0 Å². The molecule has 1 aromatic heterocycles. The minimum absolute atomic E-state index is 0.147. The van der Waals surface area contributed by atoms with E-state index in [0.717, 1.165) is 50.5 Å². The molecule has 2 aliphatic rings. The molecule has 2 fully saturated rings. The Morgan fingerprint density at radius 3 is 1.78 bits per heavy atom. The Morgan fingerprint density at radius 1 is 0.750 bits per heavy atom. The predicted molar refractivity (Wildman–Crippen MR) is 137 cm³/mol. The number of pyridine rings is 1. The maximum atomic E-state index is 12.8. The van der Waals surface area contributed by atoms with Gasteiger partial charge in [0.05, 0.1) is 0 Å². The zero-order chi connectivity index (χ0) is 24.7. The summed E-state index contributed by atoms with van der Waals surface area (Å²) >= 11 is 0. The maximum Gasteiger partial charge on any atom is 0.274 e. The van der Waals surface area contributed by atoms with E-state index in [1.807, 2.05) is 24.3 Å². The van der Waals surface area contributed by atoms with Crippen LogP contribution in [0.15, 0.2) is 66.9 Å². The van der Waals surface area contributed by atoms with E-state index in [4.69, 9.17) is 9.47 Å². The number of hydrogen-bond acceptors (Lipinski definition) is 7. The van der Waals surface area contributed by atoms with E-state index in [9.17, 15) is 9.59 Å². The van der Waals surface area contributed by atoms with Gasteiger partial charge in [0.1, 0.15) is 29.4 Å². The summed E-state index contributed by atoms with van der Waals surface area (Å²) in [5, 5.41) is 12.2. The van der Waals surface area contributed by atoms with Crippen LogP contribution in [0.5, 0.6) is 11.5 Å². The average molecular weight is 488 g/mol. The van der Waals surface area contributed by atoms with Crippen molar-refractivity contribution in [1.29, 1.82) is 0 Å². The van der Waals surface area contributed by atoms with Gasteiger partial charge in [-0.15, -0.1) is 0 Å². The molecular weight excluding hydrogens is 458 g/mol. The van der Waals surface area contributed by atoms with Gasteiger partial charge in [0.2, 0.25) is 0 Å². The largest absolute Gasteiger partial charge is 0.489 e. The van der Waals surface area contributed by atoms with Crippen LogP contribution in [0.1, 0.15) is 33.7 Å². The molecule has 186 valence electrons. The molecular formula is C27H29N5O4. The summed E-state index contributed by atoms with van der Waals surface area (Å²) in [5.41, 5.74) is 1.73. The standard InChI is InChI=1S/C27H29N5O4/c33-26(31-19-1-5-21(6-2-19)35-23-10-12-28-16-23)18-9-14-30-25(15-18)27(34)32-20-3-7-22(8-4-20)36-24-11-13-29-17-24/h1-9,14-15,23-24,28-29H,10-13,16-17H2,(H,31,33)(H,32,34)/t23-,24-/m1/s1. The zero-order valence-corrected chi connectivity index (χ0v) is 19.8. The summed E-state index contributed by atoms with van der Waals surface area (Å²) in [6, 6.07) is 17.5. The van der Waals surface area contributed by atoms with Crippen LogP contribution in [0.25, 0.3) is 0 Å². The van der Waals surface area contributed by atoms with Crippen LogP contribution in [0, 0.1) is 0 Å². The summed E-state index contributed by atoms with van der Waals surface area (Å²) in [6.45, 7) is 3.60. The first-order valence-corrected chi connectivity index (χ1v) is 12.2. The normalized spacial score (nSPS) is 19.0. The molecule has 3 aromatic rings. The summed E-state index contributed by atoms with van der Waals surface area (Å²) < 4.78 is 11.8. The van der Waals surface area contributed by atoms with Crippen LogP contribution in [0.2, 0.25) is 0 Å². The van der Waals surface area contributed by atoms with Gasteiger partial charge in [0.25, 0.3) is 11.8 Å². The molecule has 5 rings (SSSR count). The van der Waals surface area contributed by atoms with E-state index in [1.165, 1.54) is 12.3 Å². The number of hydrogen-bond donors (Lipinski definition) is 4. The Kier molecular flexibility index (Phi) is 7.39. The van der Waals surface area contributed by atoms with Gasteiger partial charge in [-0.25, -0.2) is 0 Å². The summed E-state index contributed by atoms with van der Waals surface area (Å²) in [4.78, 5) is 29.6. The van der Waals surface area contributed by atoms with Crippen molar-refractivity contribution < 1.29 is 19.1 Å². The summed E-state index contributed by atoms with van der Waals surface area (Å²) in [6.07, 6.45) is 3.75. The number of nitrogens with zero attached hydrogens (tertiary/aromatic N) is 1. The molecule has 0 saturated carbocycles. The number of carbonyl (C=O) groups is 2. The number of anilines is 2. The first-order chi connectivity index (χ1) is 17.6. The van der Waals surface area contributed by atoms with Crippen molar-refractivity contribution in [3.05, 3.63) is 78.1 Å². The molecule has 0 spiro atoms. The fourth-order valence-corrected chi connectivity index (χ4v) is 4.17. The molecule has 0 aliphatic carbocycles. The van der Waals surface area contributed by atoms with Crippen molar-refractivity contribution in [1.82, 2.24) is 15.6 Å². The number of carbonyl (C=O) groups excluding carboxylic acids is 2. The van der Waals surface area contributed by atoms with Gasteiger partial charge in [-0.3, -0.25) is 14.6 Å². The van der Waals surface area contributed by atoms with E-state index < -0.39 is 5.91 Å². The quantitative estimate of drug-likeness (QED) is 0.386. The monoisotopic (exact) mass is 487 g/mol. The Hall–Kier alpha value is -3.95. The molecule has 0 unspecified atom stereocenters. The van der Waals surface area contributed by atoms with Gasteiger partial charge in [0, 0.05) is 36.2 Å². The van der Waals surface area contributed by atoms with Crippen LogP contribution in [-0.4, -0.2) is 55.2 Å². The summed E-state index contributed by atoms with van der Waals surface area (Å²) in [5.74, 6) is 0.789. The highest BCUT2D eigenvalue weighted by Crippen LogP contribution is 2.21. The molecule has 2 aliphatic heterocycles. The topological polar surface area (TPSA) is 114 Å². The molecule has 2 amide bonds. The molecule has 0 radical (unpaired) electrons. The third-order valence-corrected chi connectivity index (χ3v) is 6.11. The molecule has 4 N–H and O–H groups in total. The number of amides is 2. The fourth-order valence-electron chi connectivity index (χ4n) is 4.17. The van der Waals surface area contributed by atoms with Crippen LogP contribution in [-0.2, 0) is 0 Å². The van der Waals surface area contributed by atoms with Crippen molar-refractivity contribution in [3.63, 3.8) is 0 Å². The molecule has 2 saturated heterocycles. The van der Waals surface area contributed by atoms with Gasteiger partial charge in [0.15, 0.2) is 0 Å². The van der Waals surface area contributed by atoms with E-state index in [-0.39, 0.29) is 23.8 Å². The molecule has 0 bridgehead atoms. The van der Waals surface area contributed by atoms with Crippen molar-refractivity contribution in [2.24, 2.45) is 0 Å². The van der Waals surface area contributed by atoms with Gasteiger partial charge in [-0.2, -0.15) is 0 Å². The molecule has 2 atom stereocenters. The number of ether oxygens (including phenoxy) is 2. The van der Waals surface area contributed by atoms with Gasteiger partial charge in [-0.05, 0) is 86.6 Å². The SMILES string of the molecule is O=C(Nc1ccc(O[C@@H]2CCNC2)cc1)c1ccnc(C(=O)Nc2ccc(O[C@@H]3CCNC3)cc2)c1. The van der Waals surface area contributed by atoms with Crippen LogP contribution in [0.3, 0.4) is 0 Å². The van der Waals surface area contributed by atoms with Crippen molar-refractivity contribution in [2.75, 3.05) is 36.8 Å². The second-order valence-electron chi connectivity index (χ2n) is 8.85. The third kappa shape index (κ3) is 6.18. The Bertz CT molecular complexity index is 1100. The number of nitrogens with one attached hydrogen (secondary N) is 4. The molecule has 36 heavy (non-hydrogen) atoms. The van der Waals surface area contributed by atoms with Crippen molar-refractivity contribution >= 4 is 23.2 Å². The van der Waals surface area contributed by atoms with Crippen molar-refractivity contribution in [3.8, 4) is 11.5 Å². The molecule has 9 heteroatoms. The highest BCUT2D eigenvalue weighted by atomic mass is 16.5. The lowest BCUT2D eigenvalue weighted by Crippen LogP contribution is -2.19. The first-order valence-electron chi connectivity index (χ1n) is 12.2. The van der Waals surface area contributed by atoms with Crippen LogP contribution in [0.4, 0.5) is 11.4 Å². The Morgan fingerprint density at radius 2 is 1.28 bits per heavy atom. The smallest absolute Gasteiger partial charge is 0.274 e. The summed E-state index contributed by atoms with van der Waals surface area (Å²) in [7, 11) is 0. The minimum Gasteiger partial charge on any atom is -0.489 e. The maximum absolute atomic E-state index is 12.8. The number of aromatic nitrogens is 1. The van der Waals surface area contributed by atoms with Crippen LogP contribution < -0.4 is 30.7 Å².